The number of amides is 1. The lowest BCUT2D eigenvalue weighted by atomic mass is 10.1. The van der Waals surface area contributed by atoms with Gasteiger partial charge in [0.15, 0.2) is 5.78 Å². The van der Waals surface area contributed by atoms with Gasteiger partial charge in [0.25, 0.3) is 0 Å². The number of nitrogens with one attached hydrogen (secondary N) is 2. The summed E-state index contributed by atoms with van der Waals surface area (Å²) in [5.41, 5.74) is 2.77. The fourth-order valence-electron chi connectivity index (χ4n) is 2.12. The molecule has 0 aliphatic heterocycles. The van der Waals surface area contributed by atoms with Gasteiger partial charge in [-0.2, -0.15) is 0 Å². The molecule has 0 saturated heterocycles. The zero-order valence-corrected chi connectivity index (χ0v) is 11.7. The van der Waals surface area contributed by atoms with Crippen molar-refractivity contribution in [3.63, 3.8) is 0 Å². The lowest BCUT2D eigenvalue weighted by Crippen LogP contribution is -2.28. The Hall–Kier alpha value is -2.14. The van der Waals surface area contributed by atoms with Crippen LogP contribution in [0.15, 0.2) is 24.4 Å². The molecule has 1 amide bonds. The van der Waals surface area contributed by atoms with E-state index in [-0.39, 0.29) is 18.3 Å². The molecule has 1 aromatic heterocycles. The molecule has 106 valence electrons. The van der Waals surface area contributed by atoms with Crippen LogP contribution in [0, 0.1) is 0 Å². The van der Waals surface area contributed by atoms with E-state index in [4.69, 9.17) is 4.74 Å². The monoisotopic (exact) mass is 274 g/mol. The fourth-order valence-corrected chi connectivity index (χ4v) is 2.12. The minimum atomic E-state index is -0.128. The smallest absolute Gasteiger partial charge is 0.245 e. The predicted molar refractivity (Wildman–Crippen MR) is 76.9 cm³/mol. The standard InChI is InChI=1S/C15H18N2O3/c1-10(18)11-3-4-14-13(7-11)12(8-17-14)5-6-16-15(19)9-20-2/h3-4,7-8,17H,5-6,9H2,1-2H3,(H,16,19). The molecule has 0 aliphatic rings. The lowest BCUT2D eigenvalue weighted by molar-refractivity contribution is -0.124. The third kappa shape index (κ3) is 3.24. The number of carbonyl (C=O) groups excluding carboxylic acids is 2. The Morgan fingerprint density at radius 2 is 2.15 bits per heavy atom. The van der Waals surface area contributed by atoms with Crippen molar-refractivity contribution in [1.82, 2.24) is 10.3 Å². The molecule has 2 rings (SSSR count). The summed E-state index contributed by atoms with van der Waals surface area (Å²) >= 11 is 0. The Kier molecular flexibility index (Phi) is 4.53. The first-order valence-corrected chi connectivity index (χ1v) is 6.48. The van der Waals surface area contributed by atoms with Crippen LogP contribution in [-0.4, -0.2) is 36.9 Å². The first-order valence-electron chi connectivity index (χ1n) is 6.48. The van der Waals surface area contributed by atoms with Gasteiger partial charge in [0.2, 0.25) is 5.91 Å². The van der Waals surface area contributed by atoms with E-state index in [1.54, 1.807) is 6.92 Å². The zero-order chi connectivity index (χ0) is 14.5. The predicted octanol–water partition coefficient (Wildman–Crippen LogP) is 1.68. The molecule has 1 heterocycles. The number of methoxy groups -OCH3 is 1. The summed E-state index contributed by atoms with van der Waals surface area (Å²) in [5, 5.41) is 3.81. The summed E-state index contributed by atoms with van der Waals surface area (Å²) < 4.78 is 4.75. The third-order valence-electron chi connectivity index (χ3n) is 3.17. The van der Waals surface area contributed by atoms with Crippen molar-refractivity contribution >= 4 is 22.6 Å². The average Bonchev–Trinajstić information content (AvgIpc) is 2.81. The van der Waals surface area contributed by atoms with Crippen LogP contribution in [-0.2, 0) is 16.0 Å². The van der Waals surface area contributed by atoms with Crippen molar-refractivity contribution in [1.29, 1.82) is 0 Å². The highest BCUT2D eigenvalue weighted by Crippen LogP contribution is 2.20. The second-order valence-corrected chi connectivity index (χ2v) is 4.66. The minimum Gasteiger partial charge on any atom is -0.375 e. The molecular formula is C15H18N2O3. The summed E-state index contributed by atoms with van der Waals surface area (Å²) in [4.78, 5) is 25.9. The maximum atomic E-state index is 11.4. The number of rotatable bonds is 6. The molecule has 0 saturated carbocycles. The number of carbonyl (C=O) groups is 2. The van der Waals surface area contributed by atoms with Crippen molar-refractivity contribution in [3.05, 3.63) is 35.5 Å². The molecule has 0 atom stereocenters. The molecule has 0 unspecified atom stereocenters. The number of H-pyrrole nitrogens is 1. The maximum absolute atomic E-state index is 11.4. The summed E-state index contributed by atoms with van der Waals surface area (Å²) in [7, 11) is 1.49. The fraction of sp³-hybridized carbons (Fsp3) is 0.333. The van der Waals surface area contributed by atoms with Crippen LogP contribution in [0.3, 0.4) is 0 Å². The van der Waals surface area contributed by atoms with Crippen molar-refractivity contribution in [2.24, 2.45) is 0 Å². The van der Waals surface area contributed by atoms with Crippen molar-refractivity contribution in [3.8, 4) is 0 Å². The van der Waals surface area contributed by atoms with E-state index in [0.29, 0.717) is 18.5 Å². The molecule has 0 aliphatic carbocycles. The molecule has 5 heteroatoms. The number of ketones is 1. The summed E-state index contributed by atoms with van der Waals surface area (Å²) in [6.45, 7) is 2.17. The molecule has 1 aromatic carbocycles. The largest absolute Gasteiger partial charge is 0.375 e. The minimum absolute atomic E-state index is 0.0486. The number of fused-ring (bicyclic) bond motifs is 1. The Bertz CT molecular complexity index is 631. The number of hydrogen-bond acceptors (Lipinski definition) is 3. The molecular weight excluding hydrogens is 256 g/mol. The Morgan fingerprint density at radius 3 is 2.85 bits per heavy atom. The number of Topliss-reactive ketones (excluding diaryl/α,β-unsaturated/α-hetero) is 1. The van der Waals surface area contributed by atoms with Gasteiger partial charge in [-0.15, -0.1) is 0 Å². The van der Waals surface area contributed by atoms with E-state index < -0.39 is 0 Å². The van der Waals surface area contributed by atoms with E-state index in [1.165, 1.54) is 7.11 Å². The van der Waals surface area contributed by atoms with Gasteiger partial charge in [0.05, 0.1) is 0 Å². The first kappa shape index (κ1) is 14.3. The zero-order valence-electron chi connectivity index (χ0n) is 11.7. The van der Waals surface area contributed by atoms with Gasteiger partial charge < -0.3 is 15.0 Å². The van der Waals surface area contributed by atoms with Crippen LogP contribution in [0.4, 0.5) is 0 Å². The van der Waals surface area contributed by atoms with Gasteiger partial charge in [0.1, 0.15) is 6.61 Å². The number of benzene rings is 1. The SMILES string of the molecule is COCC(=O)NCCc1c[nH]c2ccc(C(C)=O)cc12. The molecule has 0 fully saturated rings. The van der Waals surface area contributed by atoms with E-state index in [1.807, 2.05) is 24.4 Å². The van der Waals surface area contributed by atoms with E-state index >= 15 is 0 Å². The first-order chi connectivity index (χ1) is 9.61. The van der Waals surface area contributed by atoms with E-state index in [0.717, 1.165) is 16.5 Å². The van der Waals surface area contributed by atoms with Gasteiger partial charge in [-0.05, 0) is 37.1 Å². The van der Waals surface area contributed by atoms with Gasteiger partial charge >= 0.3 is 0 Å². The quantitative estimate of drug-likeness (QED) is 0.787. The van der Waals surface area contributed by atoms with Gasteiger partial charge in [0, 0.05) is 36.3 Å². The highest BCUT2D eigenvalue weighted by Gasteiger charge is 2.07. The van der Waals surface area contributed by atoms with Crippen LogP contribution in [0.5, 0.6) is 0 Å². The Morgan fingerprint density at radius 1 is 1.35 bits per heavy atom. The average molecular weight is 274 g/mol. The molecule has 0 spiro atoms. The second kappa shape index (κ2) is 6.34. The summed E-state index contributed by atoms with van der Waals surface area (Å²) in [5.74, 6) is -0.0794. The summed E-state index contributed by atoms with van der Waals surface area (Å²) in [6, 6.07) is 5.60. The van der Waals surface area contributed by atoms with E-state index in [9.17, 15) is 9.59 Å². The second-order valence-electron chi connectivity index (χ2n) is 4.66. The van der Waals surface area contributed by atoms with E-state index in [2.05, 4.69) is 10.3 Å². The molecule has 0 radical (unpaired) electrons. The molecule has 0 bridgehead atoms. The lowest BCUT2D eigenvalue weighted by Gasteiger charge is -2.04. The molecule has 5 nitrogen and oxygen atoms in total. The highest BCUT2D eigenvalue weighted by molar-refractivity contribution is 5.98. The van der Waals surface area contributed by atoms with Crippen LogP contribution in [0.2, 0.25) is 0 Å². The Labute approximate surface area is 117 Å². The van der Waals surface area contributed by atoms with Gasteiger partial charge in [-0.25, -0.2) is 0 Å². The van der Waals surface area contributed by atoms with Crippen LogP contribution < -0.4 is 5.32 Å². The maximum Gasteiger partial charge on any atom is 0.245 e. The molecule has 2 N–H and O–H groups in total. The van der Waals surface area contributed by atoms with Crippen LogP contribution in [0.1, 0.15) is 22.8 Å². The topological polar surface area (TPSA) is 71.2 Å². The Balaban J connectivity index is 2.08. The number of ether oxygens (including phenoxy) is 1. The van der Waals surface area contributed by atoms with Gasteiger partial charge in [-0.1, -0.05) is 0 Å². The van der Waals surface area contributed by atoms with Crippen molar-refractivity contribution < 1.29 is 14.3 Å². The summed E-state index contributed by atoms with van der Waals surface area (Å²) in [6.07, 6.45) is 2.62. The van der Waals surface area contributed by atoms with Crippen LogP contribution in [0.25, 0.3) is 10.9 Å². The van der Waals surface area contributed by atoms with Crippen molar-refractivity contribution in [2.75, 3.05) is 20.3 Å². The van der Waals surface area contributed by atoms with Crippen LogP contribution >= 0.6 is 0 Å². The number of hydrogen-bond donors (Lipinski definition) is 2. The normalized spacial score (nSPS) is 10.7. The molecule has 2 aromatic rings. The van der Waals surface area contributed by atoms with Gasteiger partial charge in [-0.3, -0.25) is 9.59 Å². The molecule has 20 heavy (non-hydrogen) atoms. The number of aromatic nitrogens is 1. The third-order valence-corrected chi connectivity index (χ3v) is 3.17. The van der Waals surface area contributed by atoms with Crippen molar-refractivity contribution in [2.45, 2.75) is 13.3 Å². The number of aromatic amines is 1. The highest BCUT2D eigenvalue weighted by atomic mass is 16.5.